The van der Waals surface area contributed by atoms with Crippen LogP contribution in [-0.4, -0.2) is 97.0 Å². The number of likely N-dealkylation sites (N-methyl/N-ethyl adjacent to an activating group) is 1. The third-order valence-electron chi connectivity index (χ3n) is 7.07. The van der Waals surface area contributed by atoms with Gasteiger partial charge in [0.2, 0.25) is 11.7 Å². The predicted octanol–water partition coefficient (Wildman–Crippen LogP) is 1.33. The zero-order valence-corrected chi connectivity index (χ0v) is 21.6. The predicted molar refractivity (Wildman–Crippen MR) is 139 cm³/mol. The van der Waals surface area contributed by atoms with E-state index in [4.69, 9.17) is 10.6 Å². The fourth-order valence-electron chi connectivity index (χ4n) is 5.08. The van der Waals surface area contributed by atoms with E-state index in [-0.39, 0.29) is 24.3 Å². The smallest absolute Gasteiger partial charge is 0.287 e. The Kier molecular flexibility index (Phi) is 8.03. The first-order valence-electron chi connectivity index (χ1n) is 12.3. The summed E-state index contributed by atoms with van der Waals surface area (Å²) >= 11 is 0. The Morgan fingerprint density at radius 1 is 1.24 bits per heavy atom. The number of piperazine rings is 1. The van der Waals surface area contributed by atoms with Crippen LogP contribution in [0.2, 0.25) is 0 Å². The summed E-state index contributed by atoms with van der Waals surface area (Å²) in [5.74, 6) is -0.959. The molecule has 0 saturated carbocycles. The van der Waals surface area contributed by atoms with Gasteiger partial charge in [-0.3, -0.25) is 19.5 Å². The van der Waals surface area contributed by atoms with Gasteiger partial charge in [0.25, 0.3) is 5.91 Å². The molecule has 1 aromatic carbocycles. The van der Waals surface area contributed by atoms with E-state index < -0.39 is 11.4 Å². The van der Waals surface area contributed by atoms with E-state index in [2.05, 4.69) is 15.0 Å². The van der Waals surface area contributed by atoms with E-state index in [1.807, 2.05) is 50.2 Å². The summed E-state index contributed by atoms with van der Waals surface area (Å²) in [7, 11) is 3.89. The van der Waals surface area contributed by atoms with Crippen molar-refractivity contribution in [3.05, 3.63) is 59.1 Å². The number of hydrogen-bond donors (Lipinski definition) is 1. The number of carbonyl (C=O) groups excluding carboxylic acids is 2. The van der Waals surface area contributed by atoms with Crippen LogP contribution in [0.15, 0.2) is 52.5 Å². The first-order valence-corrected chi connectivity index (χ1v) is 12.3. The van der Waals surface area contributed by atoms with Gasteiger partial charge in [-0.05, 0) is 37.7 Å². The number of amides is 2. The Morgan fingerprint density at radius 3 is 2.68 bits per heavy atom. The average Bonchev–Trinajstić information content (AvgIpc) is 3.34. The molecule has 10 nitrogen and oxygen atoms in total. The van der Waals surface area contributed by atoms with Crippen LogP contribution in [0, 0.1) is 6.92 Å². The van der Waals surface area contributed by atoms with Crippen molar-refractivity contribution in [1.29, 1.82) is 0 Å². The van der Waals surface area contributed by atoms with Crippen LogP contribution >= 0.6 is 0 Å². The van der Waals surface area contributed by atoms with E-state index in [0.717, 1.165) is 16.7 Å². The quantitative estimate of drug-likeness (QED) is 0.528. The molecule has 4 rings (SSSR count). The Morgan fingerprint density at radius 2 is 2.00 bits per heavy atom. The number of rotatable bonds is 8. The first kappa shape index (κ1) is 26.5. The van der Waals surface area contributed by atoms with Gasteiger partial charge in [0.15, 0.2) is 6.73 Å². The maximum atomic E-state index is 15.9. The summed E-state index contributed by atoms with van der Waals surface area (Å²) in [5.41, 5.74) is 7.04. The van der Waals surface area contributed by atoms with Gasteiger partial charge in [0, 0.05) is 58.0 Å². The van der Waals surface area contributed by atoms with Crippen LogP contribution in [0.25, 0.3) is 0 Å². The Balaban J connectivity index is 1.58. The van der Waals surface area contributed by atoms with Gasteiger partial charge in [-0.15, -0.1) is 0 Å². The van der Waals surface area contributed by atoms with E-state index in [9.17, 15) is 9.59 Å². The monoisotopic (exact) mass is 511 g/mol. The highest BCUT2D eigenvalue weighted by molar-refractivity contribution is 6.37. The second kappa shape index (κ2) is 11.2. The molecule has 3 aliphatic heterocycles. The van der Waals surface area contributed by atoms with Gasteiger partial charge in [-0.25, -0.2) is 4.39 Å². The standard InChI is InChI=1S/C26H34FN7O3/c1-19-20(17-33-18-37-30-25(33)24(28)36)6-4-7-21(19)26(9-10-29-16-22(26)27)34-14-12-32(13-15-34)23(35)8-5-11-31(2)3/h4-8,10,16H,9,11-15,17-18H2,1-3H3,(H2,28,36). The molecule has 3 aliphatic rings. The van der Waals surface area contributed by atoms with E-state index in [1.165, 1.54) is 6.20 Å². The van der Waals surface area contributed by atoms with Crippen molar-refractivity contribution in [3.63, 3.8) is 0 Å². The maximum Gasteiger partial charge on any atom is 0.287 e. The fraction of sp³-hybridized carbons (Fsp3) is 0.462. The van der Waals surface area contributed by atoms with Crippen molar-refractivity contribution in [3.8, 4) is 0 Å². The maximum absolute atomic E-state index is 15.9. The van der Waals surface area contributed by atoms with Crippen LogP contribution in [0.1, 0.15) is 23.1 Å². The number of halogens is 1. The summed E-state index contributed by atoms with van der Waals surface area (Å²) in [5, 5.41) is 3.74. The molecule has 37 heavy (non-hydrogen) atoms. The number of aliphatic imine (C=N–C) groups is 1. The van der Waals surface area contributed by atoms with Crippen molar-refractivity contribution >= 4 is 23.9 Å². The molecule has 1 atom stereocenters. The summed E-state index contributed by atoms with van der Waals surface area (Å²) in [4.78, 5) is 41.1. The van der Waals surface area contributed by atoms with Crippen molar-refractivity contribution in [1.82, 2.24) is 19.6 Å². The molecule has 198 valence electrons. The van der Waals surface area contributed by atoms with Gasteiger partial charge in [0.05, 0.1) is 6.20 Å². The molecule has 11 heteroatoms. The van der Waals surface area contributed by atoms with E-state index in [1.54, 1.807) is 22.1 Å². The molecule has 1 fully saturated rings. The van der Waals surface area contributed by atoms with Gasteiger partial charge < -0.3 is 25.3 Å². The minimum atomic E-state index is -1.03. The average molecular weight is 512 g/mol. The van der Waals surface area contributed by atoms with Crippen LogP contribution in [0.5, 0.6) is 0 Å². The molecule has 2 amide bonds. The minimum absolute atomic E-state index is 0.0327. The minimum Gasteiger partial charge on any atom is -0.372 e. The highest BCUT2D eigenvalue weighted by Crippen LogP contribution is 2.44. The van der Waals surface area contributed by atoms with Crippen LogP contribution < -0.4 is 5.73 Å². The summed E-state index contributed by atoms with van der Waals surface area (Å²) in [6.45, 7) is 5.15. The number of primary amides is 1. The molecule has 0 aromatic heterocycles. The van der Waals surface area contributed by atoms with Crippen LogP contribution in [0.4, 0.5) is 4.39 Å². The zero-order valence-electron chi connectivity index (χ0n) is 21.6. The van der Waals surface area contributed by atoms with Crippen molar-refractivity contribution in [2.24, 2.45) is 15.9 Å². The highest BCUT2D eigenvalue weighted by atomic mass is 19.1. The molecule has 0 spiro atoms. The molecule has 0 aliphatic carbocycles. The summed E-state index contributed by atoms with van der Waals surface area (Å²) < 4.78 is 15.9. The Bertz CT molecular complexity index is 1150. The third kappa shape index (κ3) is 5.42. The van der Waals surface area contributed by atoms with Gasteiger partial charge in [-0.2, -0.15) is 0 Å². The lowest BCUT2D eigenvalue weighted by Crippen LogP contribution is -2.57. The molecule has 1 unspecified atom stereocenters. The molecule has 1 saturated heterocycles. The largest absolute Gasteiger partial charge is 0.372 e. The molecule has 3 heterocycles. The molecule has 0 bridgehead atoms. The zero-order chi connectivity index (χ0) is 26.6. The lowest BCUT2D eigenvalue weighted by atomic mass is 9.79. The number of nitrogens with zero attached hydrogens (tertiary/aromatic N) is 6. The fourth-order valence-corrected chi connectivity index (χ4v) is 5.08. The van der Waals surface area contributed by atoms with Crippen molar-refractivity contribution in [2.75, 3.05) is 53.5 Å². The number of benzene rings is 1. The van der Waals surface area contributed by atoms with E-state index in [0.29, 0.717) is 45.7 Å². The van der Waals surface area contributed by atoms with Crippen molar-refractivity contribution < 1.29 is 18.8 Å². The number of nitrogens with two attached hydrogens (primary N) is 1. The topological polar surface area (TPSA) is 107 Å². The number of carbonyl (C=O) groups is 2. The Labute approximate surface area is 216 Å². The molecule has 2 N–H and O–H groups in total. The van der Waals surface area contributed by atoms with Gasteiger partial charge in [0.1, 0.15) is 11.4 Å². The SMILES string of the molecule is Cc1c(CN2CON=C2C(N)=O)cccc1C1(N2CCN(C(=O)C=CCN(C)C)CC2)CC=NC=C1F. The molecular weight excluding hydrogens is 477 g/mol. The van der Waals surface area contributed by atoms with Crippen molar-refractivity contribution in [2.45, 2.75) is 25.4 Å². The molecule has 0 radical (unpaired) electrons. The van der Waals surface area contributed by atoms with Gasteiger partial charge >= 0.3 is 0 Å². The van der Waals surface area contributed by atoms with Crippen LogP contribution in [0.3, 0.4) is 0 Å². The Hall–Kier alpha value is -3.57. The number of hydrogen-bond acceptors (Lipinski definition) is 8. The first-order chi connectivity index (χ1) is 17.7. The lowest BCUT2D eigenvalue weighted by molar-refractivity contribution is -0.128. The third-order valence-corrected chi connectivity index (χ3v) is 7.07. The summed E-state index contributed by atoms with van der Waals surface area (Å²) in [6, 6.07) is 5.78. The molecular formula is C26H34FN7O3. The second-order valence-electron chi connectivity index (χ2n) is 9.68. The number of oxime groups is 1. The number of amidine groups is 1. The lowest BCUT2D eigenvalue weighted by Gasteiger charge is -2.48. The second-order valence-corrected chi connectivity index (χ2v) is 9.68. The van der Waals surface area contributed by atoms with Gasteiger partial charge in [-0.1, -0.05) is 29.4 Å². The summed E-state index contributed by atoms with van der Waals surface area (Å²) in [6.07, 6.45) is 6.85. The molecule has 1 aromatic rings. The van der Waals surface area contributed by atoms with Crippen LogP contribution in [-0.2, 0) is 26.5 Å². The highest BCUT2D eigenvalue weighted by Gasteiger charge is 2.46. The van der Waals surface area contributed by atoms with E-state index >= 15 is 4.39 Å². The normalized spacial score (nSPS) is 22.4.